The van der Waals surface area contributed by atoms with Crippen LogP contribution in [0, 0.1) is 0 Å². The fraction of sp³-hybridized carbons (Fsp3) is 0.143. The van der Waals surface area contributed by atoms with Gasteiger partial charge in [0.2, 0.25) is 0 Å². The van der Waals surface area contributed by atoms with Crippen molar-refractivity contribution in [3.8, 4) is 0 Å². The van der Waals surface area contributed by atoms with Crippen LogP contribution in [-0.4, -0.2) is 0 Å². The molecule has 0 spiro atoms. The van der Waals surface area contributed by atoms with Gasteiger partial charge in [0, 0.05) is 5.70 Å². The number of nitrogens with one attached hydrogen (secondary N) is 1. The van der Waals surface area contributed by atoms with E-state index < -0.39 is 10.9 Å². The van der Waals surface area contributed by atoms with Gasteiger partial charge in [0.25, 0.3) is 10.9 Å². The van der Waals surface area contributed by atoms with Crippen LogP contribution < -0.4 is 21.9 Å². The van der Waals surface area contributed by atoms with E-state index in [4.69, 9.17) is 5.73 Å². The molecule has 0 aliphatic heterocycles. The van der Waals surface area contributed by atoms with Crippen molar-refractivity contribution in [2.45, 2.75) is 6.92 Å². The number of nitrogen functional groups attached to an aromatic ring is 1. The van der Waals surface area contributed by atoms with Crippen LogP contribution in [0.2, 0.25) is 0 Å². The number of nitrogens with two attached hydrogens (primary N) is 1. The van der Waals surface area contributed by atoms with Crippen LogP contribution in [0.5, 0.6) is 0 Å². The summed E-state index contributed by atoms with van der Waals surface area (Å²) < 4.78 is 0. The number of rotatable bonds is 2. The van der Waals surface area contributed by atoms with Gasteiger partial charge in [-0.05, 0) is 6.92 Å². The minimum atomic E-state index is -0.617. The predicted molar refractivity (Wildman–Crippen MR) is 44.2 cm³/mol. The van der Waals surface area contributed by atoms with Crippen molar-refractivity contribution >= 4 is 11.4 Å². The summed E-state index contributed by atoms with van der Waals surface area (Å²) in [6.45, 7) is 5.18. The maximum absolute atomic E-state index is 10.7. The summed E-state index contributed by atoms with van der Waals surface area (Å²) in [5, 5.41) is 2.60. The van der Waals surface area contributed by atoms with Crippen LogP contribution in [-0.2, 0) is 0 Å². The maximum Gasteiger partial charge on any atom is 0.253 e. The Labute approximate surface area is 63.0 Å². The predicted octanol–water partition coefficient (Wildman–Crippen LogP) is -0.190. The average molecular weight is 152 g/mol. The minimum Gasteiger partial charge on any atom is -0.394 e. The zero-order valence-corrected chi connectivity index (χ0v) is 6.10. The Kier molecular flexibility index (Phi) is 1.53. The average Bonchev–Trinajstić information content (AvgIpc) is 1.98. The van der Waals surface area contributed by atoms with Crippen LogP contribution in [0.4, 0.5) is 11.4 Å². The molecular formula is C7H8N2O2. The van der Waals surface area contributed by atoms with Gasteiger partial charge in [0.15, 0.2) is 0 Å². The molecule has 0 saturated carbocycles. The van der Waals surface area contributed by atoms with E-state index in [2.05, 4.69) is 11.9 Å². The highest BCUT2D eigenvalue weighted by molar-refractivity contribution is 5.72. The third kappa shape index (κ3) is 1.02. The Morgan fingerprint density at radius 3 is 2.36 bits per heavy atom. The van der Waals surface area contributed by atoms with Gasteiger partial charge in [-0.15, -0.1) is 0 Å². The zero-order valence-electron chi connectivity index (χ0n) is 6.10. The number of anilines is 2. The molecule has 4 heteroatoms. The second kappa shape index (κ2) is 2.23. The highest BCUT2D eigenvalue weighted by atomic mass is 16.2. The molecular weight excluding hydrogens is 144 g/mol. The van der Waals surface area contributed by atoms with Crippen molar-refractivity contribution in [3.63, 3.8) is 0 Å². The summed E-state index contributed by atoms with van der Waals surface area (Å²) in [6, 6.07) is 0. The van der Waals surface area contributed by atoms with E-state index in [1.165, 1.54) is 0 Å². The van der Waals surface area contributed by atoms with Gasteiger partial charge in [0.1, 0.15) is 11.4 Å². The molecule has 1 rings (SSSR count). The highest BCUT2D eigenvalue weighted by Gasteiger charge is 2.16. The molecule has 0 unspecified atom stereocenters. The van der Waals surface area contributed by atoms with Crippen LogP contribution >= 0.6 is 0 Å². The molecule has 1 aromatic carbocycles. The summed E-state index contributed by atoms with van der Waals surface area (Å²) in [5.74, 6) is 0. The third-order valence-electron chi connectivity index (χ3n) is 1.29. The molecule has 0 bridgehead atoms. The van der Waals surface area contributed by atoms with Crippen molar-refractivity contribution in [1.29, 1.82) is 0 Å². The Bertz CT molecular complexity index is 372. The summed E-state index contributed by atoms with van der Waals surface area (Å²) in [4.78, 5) is 21.3. The summed E-state index contributed by atoms with van der Waals surface area (Å²) >= 11 is 0. The molecule has 0 aliphatic rings. The van der Waals surface area contributed by atoms with Gasteiger partial charge in [-0.2, -0.15) is 0 Å². The van der Waals surface area contributed by atoms with Gasteiger partial charge < -0.3 is 11.1 Å². The molecule has 1 aromatic rings. The molecule has 58 valence electrons. The number of allylic oxidation sites excluding steroid dienone is 1. The minimum absolute atomic E-state index is 0.00185. The quantitative estimate of drug-likeness (QED) is 0.576. The lowest BCUT2D eigenvalue weighted by Crippen LogP contribution is -2.36. The van der Waals surface area contributed by atoms with E-state index in [0.29, 0.717) is 5.70 Å². The van der Waals surface area contributed by atoms with Gasteiger partial charge in [-0.3, -0.25) is 9.59 Å². The third-order valence-corrected chi connectivity index (χ3v) is 1.29. The Morgan fingerprint density at radius 1 is 1.45 bits per heavy atom. The molecule has 0 fully saturated rings. The zero-order chi connectivity index (χ0) is 8.59. The molecule has 3 N–H and O–H groups in total. The molecule has 0 heterocycles. The Morgan fingerprint density at radius 2 is 2.00 bits per heavy atom. The molecule has 11 heavy (non-hydrogen) atoms. The smallest absolute Gasteiger partial charge is 0.253 e. The van der Waals surface area contributed by atoms with Crippen molar-refractivity contribution in [2.75, 3.05) is 11.1 Å². The number of hydrogen-bond donors (Lipinski definition) is 2. The molecule has 0 aromatic heterocycles. The summed E-state index contributed by atoms with van der Waals surface area (Å²) in [7, 11) is 0. The molecule has 0 aliphatic carbocycles. The molecule has 0 saturated heterocycles. The lowest BCUT2D eigenvalue weighted by Gasteiger charge is -2.07. The molecule has 0 amide bonds. The largest absolute Gasteiger partial charge is 0.394 e. The Hall–Kier alpha value is -1.58. The van der Waals surface area contributed by atoms with E-state index in [9.17, 15) is 9.59 Å². The van der Waals surface area contributed by atoms with Crippen LogP contribution in [0.15, 0.2) is 21.9 Å². The fourth-order valence-corrected chi connectivity index (χ4v) is 0.747. The van der Waals surface area contributed by atoms with Crippen LogP contribution in [0.1, 0.15) is 6.92 Å². The first-order valence-corrected chi connectivity index (χ1v) is 3.05. The SMILES string of the molecule is C=C(C)Nc1c(N)c(=O)c1=O. The standard InChI is InChI=1S/C7H8N2O2/c1-3(2)9-5-4(8)6(10)7(5)11/h9H,1,8H2,2H3. The van der Waals surface area contributed by atoms with Crippen LogP contribution in [0.3, 0.4) is 0 Å². The lowest BCUT2D eigenvalue weighted by atomic mass is 10.2. The van der Waals surface area contributed by atoms with Crippen molar-refractivity contribution in [3.05, 3.63) is 32.7 Å². The second-order valence-corrected chi connectivity index (χ2v) is 2.35. The van der Waals surface area contributed by atoms with Crippen molar-refractivity contribution in [1.82, 2.24) is 0 Å². The summed E-state index contributed by atoms with van der Waals surface area (Å²) in [5.41, 5.74) is 4.78. The molecule has 0 atom stereocenters. The van der Waals surface area contributed by atoms with Crippen LogP contribution in [0.25, 0.3) is 0 Å². The normalized spacial score (nSPS) is 9.91. The first-order valence-electron chi connectivity index (χ1n) is 3.05. The second-order valence-electron chi connectivity index (χ2n) is 2.35. The van der Waals surface area contributed by atoms with E-state index in [1.54, 1.807) is 6.92 Å². The summed E-state index contributed by atoms with van der Waals surface area (Å²) in [6.07, 6.45) is 0. The molecule has 4 nitrogen and oxygen atoms in total. The topological polar surface area (TPSA) is 72.2 Å². The first kappa shape index (κ1) is 7.53. The first-order chi connectivity index (χ1) is 5.04. The Balaban J connectivity index is 3.00. The van der Waals surface area contributed by atoms with E-state index in [-0.39, 0.29) is 11.4 Å². The maximum atomic E-state index is 10.7. The van der Waals surface area contributed by atoms with E-state index in [0.717, 1.165) is 0 Å². The van der Waals surface area contributed by atoms with Crippen molar-refractivity contribution in [2.24, 2.45) is 0 Å². The monoisotopic (exact) mass is 152 g/mol. The molecule has 0 radical (unpaired) electrons. The van der Waals surface area contributed by atoms with Crippen molar-refractivity contribution < 1.29 is 0 Å². The fourth-order valence-electron chi connectivity index (χ4n) is 0.747. The van der Waals surface area contributed by atoms with E-state index in [1.807, 2.05) is 0 Å². The number of hydrogen-bond acceptors (Lipinski definition) is 4. The van der Waals surface area contributed by atoms with Gasteiger partial charge in [-0.25, -0.2) is 0 Å². The lowest BCUT2D eigenvalue weighted by molar-refractivity contribution is 1.32. The van der Waals surface area contributed by atoms with Gasteiger partial charge in [0.05, 0.1) is 0 Å². The van der Waals surface area contributed by atoms with Gasteiger partial charge >= 0.3 is 0 Å². The highest BCUT2D eigenvalue weighted by Crippen LogP contribution is 2.10. The van der Waals surface area contributed by atoms with Gasteiger partial charge in [-0.1, -0.05) is 6.58 Å². The van der Waals surface area contributed by atoms with E-state index >= 15 is 0 Å².